The lowest BCUT2D eigenvalue weighted by Gasteiger charge is -2.12. The third kappa shape index (κ3) is 4.00. The molecule has 3 aromatic rings. The van der Waals surface area contributed by atoms with Crippen LogP contribution < -0.4 is 0 Å². The van der Waals surface area contributed by atoms with Crippen molar-refractivity contribution in [1.29, 1.82) is 0 Å². The lowest BCUT2D eigenvalue weighted by molar-refractivity contribution is 0.0465. The van der Waals surface area contributed by atoms with Crippen LogP contribution in [0.1, 0.15) is 40.8 Å². The average Bonchev–Trinajstić information content (AvgIpc) is 3.04. The van der Waals surface area contributed by atoms with Crippen molar-refractivity contribution in [3.63, 3.8) is 0 Å². The zero-order valence-electron chi connectivity index (χ0n) is 13.9. The summed E-state index contributed by atoms with van der Waals surface area (Å²) in [5.41, 5.74) is 1.37. The van der Waals surface area contributed by atoms with E-state index in [0.717, 1.165) is 10.1 Å². The van der Waals surface area contributed by atoms with Crippen molar-refractivity contribution in [2.75, 3.05) is 6.61 Å². The maximum Gasteiger partial charge on any atom is 0.348 e. The van der Waals surface area contributed by atoms with E-state index in [2.05, 4.69) is 4.98 Å². The summed E-state index contributed by atoms with van der Waals surface area (Å²) in [6.45, 7) is 4.36. The lowest BCUT2D eigenvalue weighted by Crippen LogP contribution is -2.08. The van der Waals surface area contributed by atoms with Gasteiger partial charge in [-0.3, -0.25) is 4.98 Å². The van der Waals surface area contributed by atoms with Crippen molar-refractivity contribution in [2.24, 2.45) is 5.92 Å². The van der Waals surface area contributed by atoms with Gasteiger partial charge in [-0.05, 0) is 29.7 Å². The number of esters is 1. The smallest absolute Gasteiger partial charge is 0.348 e. The van der Waals surface area contributed by atoms with Crippen LogP contribution in [-0.2, 0) is 4.74 Å². The molecule has 1 N–H and O–H groups in total. The molecule has 0 saturated carbocycles. The van der Waals surface area contributed by atoms with Crippen LogP contribution in [0.2, 0.25) is 5.02 Å². The van der Waals surface area contributed by atoms with Gasteiger partial charge in [-0.25, -0.2) is 4.79 Å². The summed E-state index contributed by atoms with van der Waals surface area (Å²) in [7, 11) is 0. The van der Waals surface area contributed by atoms with Gasteiger partial charge in [0, 0.05) is 28.4 Å². The summed E-state index contributed by atoms with van der Waals surface area (Å²) >= 11 is 7.22. The Morgan fingerprint density at radius 2 is 2.00 bits per heavy atom. The summed E-state index contributed by atoms with van der Waals surface area (Å²) in [6, 6.07) is 8.77. The third-order valence-corrected chi connectivity index (χ3v) is 5.01. The number of rotatable bonds is 5. The highest BCUT2D eigenvalue weighted by atomic mass is 35.5. The SMILES string of the molecule is CC(C)COC(=O)c1cc2c(C(O)c3ccc(Cl)cc3)cncc2s1. The fourth-order valence-corrected chi connectivity index (χ4v) is 3.52. The second kappa shape index (κ2) is 7.52. The Kier molecular flexibility index (Phi) is 5.37. The molecule has 0 amide bonds. The molecule has 1 unspecified atom stereocenters. The molecule has 25 heavy (non-hydrogen) atoms. The van der Waals surface area contributed by atoms with Gasteiger partial charge in [0.25, 0.3) is 0 Å². The van der Waals surface area contributed by atoms with Gasteiger partial charge < -0.3 is 9.84 Å². The number of aliphatic hydroxyl groups excluding tert-OH is 1. The topological polar surface area (TPSA) is 59.4 Å². The van der Waals surface area contributed by atoms with E-state index in [9.17, 15) is 9.90 Å². The van der Waals surface area contributed by atoms with E-state index in [4.69, 9.17) is 16.3 Å². The predicted octanol–water partition coefficient (Wildman–Crippen LogP) is 4.84. The number of carbonyl (C=O) groups excluding carboxylic acids is 1. The second-order valence-corrected chi connectivity index (χ2v) is 7.72. The molecule has 0 aliphatic carbocycles. The number of aromatic nitrogens is 1. The fraction of sp³-hybridized carbons (Fsp3) is 0.263. The van der Waals surface area contributed by atoms with Crippen LogP contribution in [-0.4, -0.2) is 22.7 Å². The summed E-state index contributed by atoms with van der Waals surface area (Å²) < 4.78 is 6.13. The highest BCUT2D eigenvalue weighted by Crippen LogP contribution is 2.33. The molecular weight excluding hydrogens is 358 g/mol. The minimum Gasteiger partial charge on any atom is -0.461 e. The maximum atomic E-state index is 12.2. The van der Waals surface area contributed by atoms with E-state index in [1.54, 1.807) is 42.7 Å². The Morgan fingerprint density at radius 1 is 1.28 bits per heavy atom. The molecule has 0 aliphatic rings. The largest absolute Gasteiger partial charge is 0.461 e. The van der Waals surface area contributed by atoms with Gasteiger partial charge in [-0.1, -0.05) is 37.6 Å². The number of hydrogen-bond donors (Lipinski definition) is 1. The van der Waals surface area contributed by atoms with Crippen LogP contribution in [0, 0.1) is 5.92 Å². The Hall–Kier alpha value is -1.95. The van der Waals surface area contributed by atoms with Crippen LogP contribution in [0.15, 0.2) is 42.7 Å². The normalized spacial score (nSPS) is 12.5. The third-order valence-electron chi connectivity index (χ3n) is 3.71. The molecule has 4 nitrogen and oxygen atoms in total. The zero-order valence-corrected chi connectivity index (χ0v) is 15.5. The quantitative estimate of drug-likeness (QED) is 0.648. The van der Waals surface area contributed by atoms with Crippen molar-refractivity contribution >= 4 is 39.0 Å². The number of thiophene rings is 1. The summed E-state index contributed by atoms with van der Waals surface area (Å²) in [4.78, 5) is 16.9. The first kappa shape index (κ1) is 17.9. The van der Waals surface area contributed by atoms with Crippen LogP contribution in [0.3, 0.4) is 0 Å². The van der Waals surface area contributed by atoms with E-state index in [-0.39, 0.29) is 11.9 Å². The minimum absolute atomic E-state index is 0.280. The highest BCUT2D eigenvalue weighted by Gasteiger charge is 2.19. The Morgan fingerprint density at radius 3 is 2.68 bits per heavy atom. The predicted molar refractivity (Wildman–Crippen MR) is 100 cm³/mol. The number of fused-ring (bicyclic) bond motifs is 1. The molecule has 6 heteroatoms. The number of benzene rings is 1. The van der Waals surface area contributed by atoms with E-state index in [1.165, 1.54) is 11.3 Å². The van der Waals surface area contributed by atoms with Crippen molar-refractivity contribution in [3.8, 4) is 0 Å². The number of aliphatic hydroxyl groups is 1. The first-order valence-electron chi connectivity index (χ1n) is 7.94. The van der Waals surface area contributed by atoms with Gasteiger partial charge in [-0.15, -0.1) is 11.3 Å². The number of halogens is 1. The number of carbonyl (C=O) groups is 1. The molecule has 0 saturated heterocycles. The van der Waals surface area contributed by atoms with E-state index in [1.807, 2.05) is 13.8 Å². The molecular formula is C19H18ClNO3S. The molecule has 0 fully saturated rings. The Balaban J connectivity index is 1.94. The van der Waals surface area contributed by atoms with Crippen LogP contribution >= 0.6 is 22.9 Å². The van der Waals surface area contributed by atoms with Gasteiger partial charge in [-0.2, -0.15) is 0 Å². The molecule has 0 bridgehead atoms. The maximum absolute atomic E-state index is 12.2. The first-order valence-corrected chi connectivity index (χ1v) is 9.13. The number of pyridine rings is 1. The fourth-order valence-electron chi connectivity index (χ4n) is 2.44. The number of ether oxygens (including phenoxy) is 1. The van der Waals surface area contributed by atoms with Crippen molar-refractivity contribution in [1.82, 2.24) is 4.98 Å². The van der Waals surface area contributed by atoms with Gasteiger partial charge in [0.05, 0.1) is 11.3 Å². The monoisotopic (exact) mass is 375 g/mol. The molecule has 1 atom stereocenters. The minimum atomic E-state index is -0.845. The van der Waals surface area contributed by atoms with Crippen LogP contribution in [0.4, 0.5) is 0 Å². The van der Waals surface area contributed by atoms with Crippen molar-refractivity contribution < 1.29 is 14.6 Å². The van der Waals surface area contributed by atoms with Gasteiger partial charge in [0.15, 0.2) is 0 Å². The molecule has 2 aromatic heterocycles. The summed E-state index contributed by atoms with van der Waals surface area (Å²) in [5, 5.41) is 12.1. The molecule has 130 valence electrons. The summed E-state index contributed by atoms with van der Waals surface area (Å²) in [5.74, 6) is -0.0656. The van der Waals surface area contributed by atoms with E-state index < -0.39 is 6.10 Å². The zero-order chi connectivity index (χ0) is 18.0. The Labute approximate surface area is 155 Å². The highest BCUT2D eigenvalue weighted by molar-refractivity contribution is 7.20. The van der Waals surface area contributed by atoms with Crippen molar-refractivity contribution in [2.45, 2.75) is 20.0 Å². The molecule has 3 rings (SSSR count). The number of nitrogens with zero attached hydrogens (tertiary/aromatic N) is 1. The standard InChI is InChI=1S/C19H18ClNO3S/c1-11(2)10-24-19(23)16-7-14-15(8-21-9-17(14)25-16)18(22)12-3-5-13(20)6-4-12/h3-9,11,18,22H,10H2,1-2H3. The van der Waals surface area contributed by atoms with Crippen LogP contribution in [0.25, 0.3) is 10.1 Å². The molecule has 0 spiro atoms. The summed E-state index contributed by atoms with van der Waals surface area (Å²) in [6.07, 6.45) is 2.47. The lowest BCUT2D eigenvalue weighted by atomic mass is 10.0. The molecule has 0 aliphatic heterocycles. The van der Waals surface area contributed by atoms with Crippen LogP contribution in [0.5, 0.6) is 0 Å². The number of hydrogen-bond acceptors (Lipinski definition) is 5. The molecule has 0 radical (unpaired) electrons. The van der Waals surface area contributed by atoms with Gasteiger partial charge in [0.2, 0.25) is 0 Å². The van der Waals surface area contributed by atoms with E-state index in [0.29, 0.717) is 27.6 Å². The second-order valence-electron chi connectivity index (χ2n) is 6.20. The first-order chi connectivity index (χ1) is 12.0. The van der Waals surface area contributed by atoms with Crippen molar-refractivity contribution in [3.05, 3.63) is 63.8 Å². The molecule has 2 heterocycles. The molecule has 1 aromatic carbocycles. The average molecular weight is 376 g/mol. The Bertz CT molecular complexity index is 889. The van der Waals surface area contributed by atoms with E-state index >= 15 is 0 Å². The van der Waals surface area contributed by atoms with Gasteiger partial charge in [0.1, 0.15) is 11.0 Å². The van der Waals surface area contributed by atoms with Gasteiger partial charge >= 0.3 is 5.97 Å².